The fourth-order valence-electron chi connectivity index (χ4n) is 3.35. The number of imidazole rings is 1. The maximum absolute atomic E-state index is 12.0. The molecule has 3 aromatic rings. The highest BCUT2D eigenvalue weighted by Crippen LogP contribution is 2.34. The number of rotatable bonds is 4. The van der Waals surface area contributed by atoms with E-state index in [9.17, 15) is 4.79 Å². The number of hydrogen-bond donors (Lipinski definition) is 0. The fraction of sp³-hybridized carbons (Fsp3) is 0.400. The number of fused-ring (bicyclic) bond motifs is 1. The number of aryl methyl sites for hydroxylation is 3. The van der Waals surface area contributed by atoms with E-state index in [1.165, 1.54) is 23.9 Å². The van der Waals surface area contributed by atoms with Gasteiger partial charge in [0.25, 0.3) is 5.56 Å². The monoisotopic (exact) mass is 321 g/mol. The van der Waals surface area contributed by atoms with Crippen molar-refractivity contribution in [1.29, 1.82) is 0 Å². The van der Waals surface area contributed by atoms with Crippen LogP contribution in [0.25, 0.3) is 22.4 Å². The van der Waals surface area contributed by atoms with E-state index in [-0.39, 0.29) is 5.56 Å². The van der Waals surface area contributed by atoms with E-state index in [0.29, 0.717) is 0 Å². The predicted octanol–water partition coefficient (Wildman–Crippen LogP) is 3.68. The summed E-state index contributed by atoms with van der Waals surface area (Å²) in [4.78, 5) is 16.9. The molecular formula is C20H23N3O. The third kappa shape index (κ3) is 2.56. The molecule has 24 heavy (non-hydrogen) atoms. The van der Waals surface area contributed by atoms with Crippen molar-refractivity contribution in [2.75, 3.05) is 0 Å². The Morgan fingerprint density at radius 1 is 1.25 bits per heavy atom. The fourth-order valence-corrected chi connectivity index (χ4v) is 3.35. The molecule has 0 unspecified atom stereocenters. The van der Waals surface area contributed by atoms with E-state index in [1.54, 1.807) is 4.57 Å². The maximum Gasteiger partial charge on any atom is 0.253 e. The molecule has 0 aliphatic heterocycles. The largest absolute Gasteiger partial charge is 0.324 e. The van der Waals surface area contributed by atoms with Gasteiger partial charge in [0.1, 0.15) is 5.82 Å². The van der Waals surface area contributed by atoms with Crippen molar-refractivity contribution in [2.45, 2.75) is 39.7 Å². The van der Waals surface area contributed by atoms with E-state index < -0.39 is 0 Å². The number of hydrogen-bond acceptors (Lipinski definition) is 2. The summed E-state index contributed by atoms with van der Waals surface area (Å²) in [6.45, 7) is 5.07. The lowest BCUT2D eigenvalue weighted by molar-refractivity contribution is 0.647. The van der Waals surface area contributed by atoms with E-state index in [0.717, 1.165) is 41.4 Å². The van der Waals surface area contributed by atoms with Crippen LogP contribution in [0.15, 0.2) is 35.3 Å². The number of pyridine rings is 1. The van der Waals surface area contributed by atoms with Crippen molar-refractivity contribution in [3.05, 3.63) is 51.9 Å². The summed E-state index contributed by atoms with van der Waals surface area (Å²) in [5.74, 6) is 1.74. The van der Waals surface area contributed by atoms with Crippen LogP contribution in [0.3, 0.4) is 0 Å². The second-order valence-electron chi connectivity index (χ2n) is 6.99. The highest BCUT2D eigenvalue weighted by atomic mass is 16.1. The van der Waals surface area contributed by atoms with Crippen molar-refractivity contribution in [3.63, 3.8) is 0 Å². The zero-order valence-corrected chi connectivity index (χ0v) is 14.5. The minimum Gasteiger partial charge on any atom is -0.324 e. The standard InChI is InChI=1S/C20H23N3O/c1-4-14-7-8-17-18(10-14)23(11-15-5-6-15)19(21-17)16-9-13(2)20(24)22(3)12-16/h7-10,12,15H,4-6,11H2,1-3H3. The Morgan fingerprint density at radius 2 is 2.04 bits per heavy atom. The molecule has 1 saturated carbocycles. The first kappa shape index (κ1) is 15.2. The van der Waals surface area contributed by atoms with Gasteiger partial charge in [-0.3, -0.25) is 4.79 Å². The third-order valence-electron chi connectivity index (χ3n) is 4.98. The van der Waals surface area contributed by atoms with E-state index in [4.69, 9.17) is 4.98 Å². The van der Waals surface area contributed by atoms with Gasteiger partial charge >= 0.3 is 0 Å². The summed E-state index contributed by atoms with van der Waals surface area (Å²) in [6.07, 6.45) is 5.54. The molecule has 1 fully saturated rings. The minimum absolute atomic E-state index is 0.0527. The second-order valence-corrected chi connectivity index (χ2v) is 6.99. The van der Waals surface area contributed by atoms with Crippen LogP contribution in [-0.2, 0) is 20.0 Å². The molecule has 4 rings (SSSR count). The van der Waals surface area contributed by atoms with Gasteiger partial charge < -0.3 is 9.13 Å². The highest BCUT2D eigenvalue weighted by Gasteiger charge is 2.25. The lowest BCUT2D eigenvalue weighted by atomic mass is 10.1. The van der Waals surface area contributed by atoms with Crippen molar-refractivity contribution < 1.29 is 0 Å². The summed E-state index contributed by atoms with van der Waals surface area (Å²) < 4.78 is 4.01. The summed E-state index contributed by atoms with van der Waals surface area (Å²) in [5.41, 5.74) is 5.41. The SMILES string of the molecule is CCc1ccc2nc(-c3cc(C)c(=O)n(C)c3)n(CC3CC3)c2c1. The molecule has 0 saturated heterocycles. The van der Waals surface area contributed by atoms with E-state index in [1.807, 2.05) is 26.2 Å². The van der Waals surface area contributed by atoms with Crippen LogP contribution in [0.1, 0.15) is 30.9 Å². The molecule has 4 nitrogen and oxygen atoms in total. The molecule has 0 atom stereocenters. The lowest BCUT2D eigenvalue weighted by Gasteiger charge is -2.11. The molecule has 0 radical (unpaired) electrons. The van der Waals surface area contributed by atoms with Gasteiger partial charge in [-0.15, -0.1) is 0 Å². The first-order chi connectivity index (χ1) is 11.6. The first-order valence-corrected chi connectivity index (χ1v) is 8.73. The smallest absolute Gasteiger partial charge is 0.253 e. The Kier molecular flexibility index (Phi) is 3.56. The van der Waals surface area contributed by atoms with Crippen LogP contribution in [0.5, 0.6) is 0 Å². The molecule has 2 aromatic heterocycles. The third-order valence-corrected chi connectivity index (χ3v) is 4.98. The van der Waals surface area contributed by atoms with E-state index in [2.05, 4.69) is 29.7 Å². The summed E-state index contributed by atoms with van der Waals surface area (Å²) in [7, 11) is 1.81. The lowest BCUT2D eigenvalue weighted by Crippen LogP contribution is -2.18. The summed E-state index contributed by atoms with van der Waals surface area (Å²) >= 11 is 0. The molecule has 2 heterocycles. The predicted molar refractivity (Wildman–Crippen MR) is 97.2 cm³/mol. The highest BCUT2D eigenvalue weighted by molar-refractivity contribution is 5.81. The Hall–Kier alpha value is -2.36. The zero-order valence-electron chi connectivity index (χ0n) is 14.5. The molecular weight excluding hydrogens is 298 g/mol. The molecule has 4 heteroatoms. The van der Waals surface area contributed by atoms with Crippen molar-refractivity contribution in [3.8, 4) is 11.4 Å². The molecule has 124 valence electrons. The Balaban J connectivity index is 1.95. The van der Waals surface area contributed by atoms with Crippen molar-refractivity contribution >= 4 is 11.0 Å². The molecule has 0 amide bonds. The van der Waals surface area contributed by atoms with Gasteiger partial charge in [0.15, 0.2) is 0 Å². The molecule has 0 bridgehead atoms. The van der Waals surface area contributed by atoms with E-state index >= 15 is 0 Å². The van der Waals surface area contributed by atoms with Gasteiger partial charge in [-0.25, -0.2) is 4.98 Å². The van der Waals surface area contributed by atoms with Gasteiger partial charge in [0, 0.05) is 30.9 Å². The zero-order chi connectivity index (χ0) is 16.8. The van der Waals surface area contributed by atoms with Gasteiger partial charge in [-0.05, 0) is 55.9 Å². The number of nitrogens with zero attached hydrogens (tertiary/aromatic N) is 3. The molecule has 1 aliphatic carbocycles. The second kappa shape index (κ2) is 5.62. The van der Waals surface area contributed by atoms with Crippen LogP contribution in [-0.4, -0.2) is 14.1 Å². The van der Waals surface area contributed by atoms with Crippen LogP contribution in [0, 0.1) is 12.8 Å². The molecule has 0 spiro atoms. The van der Waals surface area contributed by atoms with Crippen LogP contribution in [0.4, 0.5) is 0 Å². The Morgan fingerprint density at radius 3 is 2.71 bits per heavy atom. The molecule has 1 aliphatic rings. The molecule has 1 aromatic carbocycles. The molecule has 0 N–H and O–H groups in total. The topological polar surface area (TPSA) is 39.8 Å². The van der Waals surface area contributed by atoms with Crippen LogP contribution >= 0.6 is 0 Å². The van der Waals surface area contributed by atoms with Crippen molar-refractivity contribution in [2.24, 2.45) is 13.0 Å². The first-order valence-electron chi connectivity index (χ1n) is 8.73. The normalized spacial score (nSPS) is 14.5. The Labute approximate surface area is 141 Å². The Bertz CT molecular complexity index is 950. The summed E-state index contributed by atoms with van der Waals surface area (Å²) in [5, 5.41) is 0. The minimum atomic E-state index is 0.0527. The van der Waals surface area contributed by atoms with Crippen LogP contribution in [0.2, 0.25) is 0 Å². The van der Waals surface area contributed by atoms with Gasteiger partial charge in [0.05, 0.1) is 11.0 Å². The summed E-state index contributed by atoms with van der Waals surface area (Å²) in [6, 6.07) is 8.51. The maximum atomic E-state index is 12.0. The van der Waals surface area contributed by atoms with Gasteiger partial charge in [-0.1, -0.05) is 13.0 Å². The van der Waals surface area contributed by atoms with Gasteiger partial charge in [0.2, 0.25) is 0 Å². The number of benzene rings is 1. The quantitative estimate of drug-likeness (QED) is 0.735. The van der Waals surface area contributed by atoms with Crippen molar-refractivity contribution in [1.82, 2.24) is 14.1 Å². The number of aromatic nitrogens is 3. The average Bonchev–Trinajstić information content (AvgIpc) is 3.32. The van der Waals surface area contributed by atoms with Gasteiger partial charge in [-0.2, -0.15) is 0 Å². The van der Waals surface area contributed by atoms with Crippen LogP contribution < -0.4 is 5.56 Å². The average molecular weight is 321 g/mol.